The van der Waals surface area contributed by atoms with Crippen molar-refractivity contribution in [1.29, 1.82) is 0 Å². The predicted octanol–water partition coefficient (Wildman–Crippen LogP) is 3.30. The van der Waals surface area contributed by atoms with Gasteiger partial charge in [0.15, 0.2) is 0 Å². The molecule has 0 radical (unpaired) electrons. The number of hydrogen-bond donors (Lipinski definition) is 1. The maximum absolute atomic E-state index is 5.39. The third-order valence-corrected chi connectivity index (χ3v) is 3.55. The SMILES string of the molecule is CCOCCCC(NC)c1c(Br)cnn1C(C)C. The topological polar surface area (TPSA) is 39.1 Å². The largest absolute Gasteiger partial charge is 0.382 e. The molecule has 1 unspecified atom stereocenters. The van der Waals surface area contributed by atoms with Gasteiger partial charge in [0.2, 0.25) is 0 Å². The lowest BCUT2D eigenvalue weighted by Gasteiger charge is -2.20. The predicted molar refractivity (Wildman–Crippen MR) is 77.8 cm³/mol. The fourth-order valence-electron chi connectivity index (χ4n) is 2.04. The number of aromatic nitrogens is 2. The molecular formula is C13H24BrN3O. The van der Waals surface area contributed by atoms with Crippen molar-refractivity contribution in [1.82, 2.24) is 15.1 Å². The molecule has 1 heterocycles. The number of nitrogens with zero attached hydrogens (tertiary/aromatic N) is 2. The quantitative estimate of drug-likeness (QED) is 0.748. The van der Waals surface area contributed by atoms with Gasteiger partial charge in [-0.3, -0.25) is 4.68 Å². The lowest BCUT2D eigenvalue weighted by atomic mass is 10.1. The Hall–Kier alpha value is -0.390. The van der Waals surface area contributed by atoms with Crippen LogP contribution in [-0.4, -0.2) is 30.0 Å². The van der Waals surface area contributed by atoms with Gasteiger partial charge in [-0.2, -0.15) is 5.10 Å². The van der Waals surface area contributed by atoms with Crippen LogP contribution >= 0.6 is 15.9 Å². The molecule has 1 aromatic rings. The monoisotopic (exact) mass is 317 g/mol. The molecule has 0 bridgehead atoms. The number of ether oxygens (including phenoxy) is 1. The molecule has 1 aromatic heterocycles. The van der Waals surface area contributed by atoms with Crippen molar-refractivity contribution in [3.8, 4) is 0 Å². The van der Waals surface area contributed by atoms with Crippen molar-refractivity contribution in [3.63, 3.8) is 0 Å². The summed E-state index contributed by atoms with van der Waals surface area (Å²) in [6, 6.07) is 0.679. The van der Waals surface area contributed by atoms with E-state index in [4.69, 9.17) is 4.74 Å². The average Bonchev–Trinajstić information content (AvgIpc) is 2.72. The van der Waals surface area contributed by atoms with Crippen LogP contribution in [0.15, 0.2) is 10.7 Å². The van der Waals surface area contributed by atoms with Crippen LogP contribution in [-0.2, 0) is 4.74 Å². The summed E-state index contributed by atoms with van der Waals surface area (Å²) in [5.74, 6) is 0. The van der Waals surface area contributed by atoms with Crippen molar-refractivity contribution in [2.45, 2.75) is 45.7 Å². The smallest absolute Gasteiger partial charge is 0.0698 e. The van der Waals surface area contributed by atoms with Crippen LogP contribution in [0.1, 0.15) is 51.4 Å². The summed E-state index contributed by atoms with van der Waals surface area (Å²) in [6.45, 7) is 7.94. The van der Waals surface area contributed by atoms with Crippen LogP contribution < -0.4 is 5.32 Å². The number of nitrogens with one attached hydrogen (secondary N) is 1. The summed E-state index contributed by atoms with van der Waals surface area (Å²) in [7, 11) is 2.00. The maximum Gasteiger partial charge on any atom is 0.0698 e. The van der Waals surface area contributed by atoms with Gasteiger partial charge >= 0.3 is 0 Å². The minimum atomic E-state index is 0.310. The molecule has 4 nitrogen and oxygen atoms in total. The fraction of sp³-hybridized carbons (Fsp3) is 0.769. The zero-order valence-corrected chi connectivity index (χ0v) is 13.3. The van der Waals surface area contributed by atoms with E-state index in [1.807, 2.05) is 20.2 Å². The van der Waals surface area contributed by atoms with Crippen molar-refractivity contribution < 1.29 is 4.74 Å². The number of hydrogen-bond acceptors (Lipinski definition) is 3. The molecule has 1 N–H and O–H groups in total. The van der Waals surface area contributed by atoms with Crippen LogP contribution in [0.25, 0.3) is 0 Å². The molecule has 0 amide bonds. The Kier molecular flexibility index (Phi) is 6.89. The lowest BCUT2D eigenvalue weighted by Crippen LogP contribution is -2.22. The fourth-order valence-corrected chi connectivity index (χ4v) is 2.59. The zero-order valence-electron chi connectivity index (χ0n) is 11.7. The van der Waals surface area contributed by atoms with Crippen LogP contribution in [0.5, 0.6) is 0 Å². The molecule has 0 aliphatic rings. The minimum absolute atomic E-state index is 0.310. The van der Waals surface area contributed by atoms with E-state index in [0.717, 1.165) is 30.5 Å². The number of rotatable bonds is 8. The third-order valence-electron chi connectivity index (χ3n) is 2.94. The Balaban J connectivity index is 2.72. The second-order valence-corrected chi connectivity index (χ2v) is 5.45. The van der Waals surface area contributed by atoms with E-state index >= 15 is 0 Å². The van der Waals surface area contributed by atoms with E-state index < -0.39 is 0 Å². The molecule has 0 spiro atoms. The summed E-state index contributed by atoms with van der Waals surface area (Å²) < 4.78 is 8.54. The van der Waals surface area contributed by atoms with E-state index in [1.54, 1.807) is 0 Å². The Morgan fingerprint density at radius 3 is 2.78 bits per heavy atom. The first-order valence-corrected chi connectivity index (χ1v) is 7.39. The Bertz CT molecular complexity index is 352. The van der Waals surface area contributed by atoms with Gasteiger partial charge in [0, 0.05) is 19.3 Å². The average molecular weight is 318 g/mol. The van der Waals surface area contributed by atoms with E-state index in [0.29, 0.717) is 12.1 Å². The van der Waals surface area contributed by atoms with Gasteiger partial charge < -0.3 is 10.1 Å². The summed E-state index contributed by atoms with van der Waals surface area (Å²) in [4.78, 5) is 0. The first-order valence-electron chi connectivity index (χ1n) is 6.59. The summed E-state index contributed by atoms with van der Waals surface area (Å²) in [6.07, 6.45) is 3.98. The van der Waals surface area contributed by atoms with Gasteiger partial charge in [0.05, 0.1) is 22.4 Å². The highest BCUT2D eigenvalue weighted by atomic mass is 79.9. The Morgan fingerprint density at radius 2 is 2.22 bits per heavy atom. The molecule has 0 aliphatic carbocycles. The van der Waals surface area contributed by atoms with Gasteiger partial charge in [0.25, 0.3) is 0 Å². The normalized spacial score (nSPS) is 13.2. The highest BCUT2D eigenvalue weighted by Crippen LogP contribution is 2.28. The van der Waals surface area contributed by atoms with Gasteiger partial charge in [-0.25, -0.2) is 0 Å². The maximum atomic E-state index is 5.39. The molecule has 1 rings (SSSR count). The Labute approximate surface area is 118 Å². The van der Waals surface area contributed by atoms with Gasteiger partial charge in [-0.1, -0.05) is 0 Å². The van der Waals surface area contributed by atoms with Crippen LogP contribution in [0.3, 0.4) is 0 Å². The molecule has 18 heavy (non-hydrogen) atoms. The second-order valence-electron chi connectivity index (χ2n) is 4.60. The van der Waals surface area contributed by atoms with E-state index in [2.05, 4.69) is 44.9 Å². The molecule has 1 atom stereocenters. The van der Waals surface area contributed by atoms with Gasteiger partial charge in [-0.15, -0.1) is 0 Å². The van der Waals surface area contributed by atoms with Crippen LogP contribution in [0, 0.1) is 0 Å². The molecular weight excluding hydrogens is 294 g/mol. The minimum Gasteiger partial charge on any atom is -0.382 e. The van der Waals surface area contributed by atoms with Crippen LogP contribution in [0.2, 0.25) is 0 Å². The Morgan fingerprint density at radius 1 is 1.50 bits per heavy atom. The molecule has 104 valence electrons. The van der Waals surface area contributed by atoms with Crippen molar-refractivity contribution in [2.24, 2.45) is 0 Å². The molecule has 0 aliphatic heterocycles. The first-order chi connectivity index (χ1) is 8.61. The molecule has 0 saturated heterocycles. The van der Waals surface area contributed by atoms with Gasteiger partial charge in [0.1, 0.15) is 0 Å². The van der Waals surface area contributed by atoms with Crippen molar-refractivity contribution in [3.05, 3.63) is 16.4 Å². The molecule has 0 saturated carbocycles. The molecule has 0 aromatic carbocycles. The van der Waals surface area contributed by atoms with Crippen molar-refractivity contribution in [2.75, 3.05) is 20.3 Å². The standard InChI is InChI=1S/C13H24BrN3O/c1-5-18-8-6-7-12(15-4)13-11(14)9-16-17(13)10(2)3/h9-10,12,15H,5-8H2,1-4H3. The molecule has 5 heteroatoms. The van der Waals surface area contributed by atoms with Gasteiger partial charge in [-0.05, 0) is 56.6 Å². The summed E-state index contributed by atoms with van der Waals surface area (Å²) in [5.41, 5.74) is 1.23. The first kappa shape index (κ1) is 15.7. The summed E-state index contributed by atoms with van der Waals surface area (Å²) in [5, 5.41) is 7.80. The van der Waals surface area contributed by atoms with Crippen molar-refractivity contribution >= 4 is 15.9 Å². The van der Waals surface area contributed by atoms with Crippen LogP contribution in [0.4, 0.5) is 0 Å². The third kappa shape index (κ3) is 4.07. The molecule has 0 fully saturated rings. The zero-order chi connectivity index (χ0) is 13.5. The van der Waals surface area contributed by atoms with E-state index in [-0.39, 0.29) is 0 Å². The lowest BCUT2D eigenvalue weighted by molar-refractivity contribution is 0.140. The number of halogens is 1. The highest BCUT2D eigenvalue weighted by molar-refractivity contribution is 9.10. The van der Waals surface area contributed by atoms with E-state index in [1.165, 1.54) is 5.69 Å². The van der Waals surface area contributed by atoms with E-state index in [9.17, 15) is 0 Å². The summed E-state index contributed by atoms with van der Waals surface area (Å²) >= 11 is 3.59. The highest BCUT2D eigenvalue weighted by Gasteiger charge is 2.19. The second kappa shape index (κ2) is 7.92.